The number of likely N-dealkylation sites (N-methyl/N-ethyl adjacent to an activating group) is 1. The number of halogens is 1. The number of amides is 2. The van der Waals surface area contributed by atoms with E-state index < -0.39 is 23.9 Å². The Hall–Kier alpha value is -1.33. The van der Waals surface area contributed by atoms with Crippen LogP contribution < -0.4 is 0 Å². The van der Waals surface area contributed by atoms with Gasteiger partial charge in [0, 0.05) is 20.5 Å². The fraction of sp³-hybridized carbons (Fsp3) is 0.833. The molecule has 0 saturated carbocycles. The van der Waals surface area contributed by atoms with Crippen molar-refractivity contribution in [3.8, 4) is 0 Å². The highest BCUT2D eigenvalue weighted by Crippen LogP contribution is 2.24. The van der Waals surface area contributed by atoms with E-state index in [-0.39, 0.29) is 18.9 Å². The Morgan fingerprint density at radius 2 is 1.89 bits per heavy atom. The summed E-state index contributed by atoms with van der Waals surface area (Å²) < 4.78 is 18.6. The van der Waals surface area contributed by atoms with Crippen LogP contribution in [0.3, 0.4) is 0 Å². The Balaban J connectivity index is 2.79. The minimum atomic E-state index is -1.17. The average Bonchev–Trinajstić information content (AvgIpc) is 2.56. The third kappa shape index (κ3) is 3.58. The molecule has 0 unspecified atom stereocenters. The number of carbonyl (C=O) groups excluding carboxylic acids is 2. The minimum Gasteiger partial charge on any atom is -0.444 e. The van der Waals surface area contributed by atoms with Crippen LogP contribution in [0.15, 0.2) is 0 Å². The summed E-state index contributed by atoms with van der Waals surface area (Å²) in [6, 6.07) is -0.759. The maximum Gasteiger partial charge on any atom is 0.411 e. The van der Waals surface area contributed by atoms with Gasteiger partial charge in [-0.1, -0.05) is 0 Å². The van der Waals surface area contributed by atoms with Crippen LogP contribution in [0.2, 0.25) is 0 Å². The molecule has 1 fully saturated rings. The second-order valence-corrected chi connectivity index (χ2v) is 5.71. The molecule has 1 aliphatic heterocycles. The van der Waals surface area contributed by atoms with E-state index in [0.29, 0.717) is 0 Å². The molecular weight excluding hydrogens is 239 g/mol. The molecule has 1 heterocycles. The van der Waals surface area contributed by atoms with Crippen molar-refractivity contribution in [2.45, 2.75) is 45.0 Å². The predicted molar refractivity (Wildman–Crippen MR) is 64.9 cm³/mol. The lowest BCUT2D eigenvalue weighted by atomic mass is 10.2. The Labute approximate surface area is 107 Å². The molecule has 1 aliphatic rings. The molecule has 0 radical (unpaired) electrons. The van der Waals surface area contributed by atoms with Gasteiger partial charge in [0.2, 0.25) is 5.91 Å². The van der Waals surface area contributed by atoms with Gasteiger partial charge in [0.15, 0.2) is 0 Å². The summed E-state index contributed by atoms with van der Waals surface area (Å²) >= 11 is 0. The molecule has 1 rings (SSSR count). The van der Waals surface area contributed by atoms with Crippen LogP contribution in [0.4, 0.5) is 9.18 Å². The van der Waals surface area contributed by atoms with Gasteiger partial charge in [0.05, 0.1) is 6.54 Å². The SMILES string of the molecule is CN(C)C(=O)[C@H]1C[C@H](F)CN1C(=O)OC(C)(C)C. The summed E-state index contributed by atoms with van der Waals surface area (Å²) in [7, 11) is 3.17. The summed E-state index contributed by atoms with van der Waals surface area (Å²) in [5.74, 6) is -0.277. The van der Waals surface area contributed by atoms with E-state index >= 15 is 0 Å². The van der Waals surface area contributed by atoms with Gasteiger partial charge < -0.3 is 9.64 Å². The van der Waals surface area contributed by atoms with Crippen LogP contribution in [-0.4, -0.2) is 60.3 Å². The quantitative estimate of drug-likeness (QED) is 0.716. The Morgan fingerprint density at radius 1 is 1.33 bits per heavy atom. The van der Waals surface area contributed by atoms with Crippen LogP contribution in [-0.2, 0) is 9.53 Å². The third-order valence-corrected chi connectivity index (χ3v) is 2.60. The molecule has 104 valence electrons. The van der Waals surface area contributed by atoms with E-state index in [1.807, 2.05) is 0 Å². The van der Waals surface area contributed by atoms with Crippen molar-refractivity contribution < 1.29 is 18.7 Å². The van der Waals surface area contributed by atoms with E-state index in [4.69, 9.17) is 4.74 Å². The van der Waals surface area contributed by atoms with Gasteiger partial charge >= 0.3 is 6.09 Å². The number of carbonyl (C=O) groups is 2. The van der Waals surface area contributed by atoms with Crippen LogP contribution in [0, 0.1) is 0 Å². The van der Waals surface area contributed by atoms with Gasteiger partial charge in [0.25, 0.3) is 0 Å². The largest absolute Gasteiger partial charge is 0.444 e. The minimum absolute atomic E-state index is 0.0380. The van der Waals surface area contributed by atoms with Gasteiger partial charge in [-0.15, -0.1) is 0 Å². The number of ether oxygens (including phenoxy) is 1. The highest BCUT2D eigenvalue weighted by molar-refractivity contribution is 5.86. The van der Waals surface area contributed by atoms with Crippen molar-refractivity contribution in [3.05, 3.63) is 0 Å². The molecule has 0 aromatic carbocycles. The summed E-state index contributed by atoms with van der Waals surface area (Å²) in [6.45, 7) is 5.11. The van der Waals surface area contributed by atoms with Gasteiger partial charge in [-0.2, -0.15) is 0 Å². The fourth-order valence-corrected chi connectivity index (χ4v) is 1.84. The summed E-state index contributed by atoms with van der Waals surface area (Å²) in [4.78, 5) is 26.3. The maximum atomic E-state index is 13.4. The van der Waals surface area contributed by atoms with Gasteiger partial charge in [-0.25, -0.2) is 9.18 Å². The van der Waals surface area contributed by atoms with E-state index in [2.05, 4.69) is 0 Å². The monoisotopic (exact) mass is 260 g/mol. The van der Waals surface area contributed by atoms with E-state index in [1.165, 1.54) is 9.80 Å². The smallest absolute Gasteiger partial charge is 0.411 e. The number of hydrogen-bond donors (Lipinski definition) is 0. The Morgan fingerprint density at radius 3 is 2.33 bits per heavy atom. The molecule has 0 aromatic rings. The standard InChI is InChI=1S/C12H21FN2O3/c1-12(2,3)18-11(17)15-7-8(13)6-9(15)10(16)14(4)5/h8-9H,6-7H2,1-5H3/t8-,9+/m0/s1. The number of rotatable bonds is 1. The molecule has 0 aliphatic carbocycles. The molecular formula is C12H21FN2O3. The highest BCUT2D eigenvalue weighted by Gasteiger charge is 2.42. The van der Waals surface area contributed by atoms with Crippen molar-refractivity contribution >= 4 is 12.0 Å². The summed E-state index contributed by atoms with van der Waals surface area (Å²) in [5.41, 5.74) is -0.656. The van der Waals surface area contributed by atoms with E-state index in [0.717, 1.165) is 0 Å². The Bertz CT molecular complexity index is 339. The highest BCUT2D eigenvalue weighted by atomic mass is 19.1. The molecule has 6 heteroatoms. The molecule has 0 spiro atoms. The second-order valence-electron chi connectivity index (χ2n) is 5.71. The van der Waals surface area contributed by atoms with Crippen molar-refractivity contribution in [3.63, 3.8) is 0 Å². The molecule has 1 saturated heterocycles. The zero-order chi connectivity index (χ0) is 14.1. The topological polar surface area (TPSA) is 49.9 Å². The molecule has 0 aromatic heterocycles. The molecule has 2 amide bonds. The van der Waals surface area contributed by atoms with Gasteiger partial charge in [-0.05, 0) is 20.8 Å². The van der Waals surface area contributed by atoms with E-state index in [9.17, 15) is 14.0 Å². The first-order chi connectivity index (χ1) is 8.11. The first kappa shape index (κ1) is 14.7. The molecule has 0 N–H and O–H groups in total. The number of likely N-dealkylation sites (tertiary alicyclic amines) is 1. The van der Waals surface area contributed by atoms with Crippen molar-refractivity contribution in [2.24, 2.45) is 0 Å². The molecule has 2 atom stereocenters. The number of hydrogen-bond acceptors (Lipinski definition) is 3. The fourth-order valence-electron chi connectivity index (χ4n) is 1.84. The molecule has 18 heavy (non-hydrogen) atoms. The van der Waals surface area contributed by atoms with Crippen LogP contribution in [0.25, 0.3) is 0 Å². The third-order valence-electron chi connectivity index (χ3n) is 2.60. The summed E-state index contributed by atoms with van der Waals surface area (Å²) in [5, 5.41) is 0. The van der Waals surface area contributed by atoms with Crippen molar-refractivity contribution in [1.82, 2.24) is 9.80 Å². The van der Waals surface area contributed by atoms with E-state index in [1.54, 1.807) is 34.9 Å². The number of alkyl halides is 1. The zero-order valence-corrected chi connectivity index (χ0v) is 11.6. The lowest BCUT2D eigenvalue weighted by molar-refractivity contribution is -0.133. The van der Waals surface area contributed by atoms with Crippen LogP contribution in [0.1, 0.15) is 27.2 Å². The lowest BCUT2D eigenvalue weighted by Gasteiger charge is -2.28. The van der Waals surface area contributed by atoms with Crippen LogP contribution in [0.5, 0.6) is 0 Å². The number of nitrogens with zero attached hydrogens (tertiary/aromatic N) is 2. The first-order valence-corrected chi connectivity index (χ1v) is 5.96. The first-order valence-electron chi connectivity index (χ1n) is 5.96. The van der Waals surface area contributed by atoms with Crippen molar-refractivity contribution in [1.29, 1.82) is 0 Å². The molecule has 5 nitrogen and oxygen atoms in total. The van der Waals surface area contributed by atoms with Gasteiger partial charge in [-0.3, -0.25) is 9.69 Å². The second kappa shape index (κ2) is 5.12. The molecule has 0 bridgehead atoms. The Kier molecular flexibility index (Phi) is 4.19. The normalized spacial score (nSPS) is 24.0. The van der Waals surface area contributed by atoms with Crippen molar-refractivity contribution in [2.75, 3.05) is 20.6 Å². The maximum absolute atomic E-state index is 13.4. The van der Waals surface area contributed by atoms with Crippen LogP contribution >= 0.6 is 0 Å². The lowest BCUT2D eigenvalue weighted by Crippen LogP contribution is -2.47. The van der Waals surface area contributed by atoms with Gasteiger partial charge in [0.1, 0.15) is 17.8 Å². The average molecular weight is 260 g/mol. The summed E-state index contributed by atoms with van der Waals surface area (Å²) in [6.07, 6.45) is -1.77. The predicted octanol–water partition coefficient (Wildman–Crippen LogP) is 1.42. The zero-order valence-electron chi connectivity index (χ0n) is 11.6.